The van der Waals surface area contributed by atoms with Gasteiger partial charge in [-0.3, -0.25) is 0 Å². The second kappa shape index (κ2) is 3.30. The quantitative estimate of drug-likeness (QED) is 0.648. The topological polar surface area (TPSA) is 20.2 Å². The Morgan fingerprint density at radius 3 is 2.46 bits per heavy atom. The van der Waals surface area contributed by atoms with Crippen molar-refractivity contribution in [1.29, 1.82) is 0 Å². The summed E-state index contributed by atoms with van der Waals surface area (Å²) in [4.78, 5) is 0. The van der Waals surface area contributed by atoms with Gasteiger partial charge < -0.3 is 5.11 Å². The number of hydrogen-bond acceptors (Lipinski definition) is 1. The minimum atomic E-state index is 0.150. The van der Waals surface area contributed by atoms with Crippen LogP contribution in [-0.4, -0.2) is 11.7 Å². The second-order valence-corrected chi connectivity index (χ2v) is 4.73. The first kappa shape index (κ1) is 10.5. The van der Waals surface area contributed by atoms with Gasteiger partial charge >= 0.3 is 0 Å². The molecule has 0 fully saturated rings. The van der Waals surface area contributed by atoms with Gasteiger partial charge in [0.15, 0.2) is 0 Å². The number of aliphatic hydroxyl groups is 1. The van der Waals surface area contributed by atoms with Crippen molar-refractivity contribution < 1.29 is 5.11 Å². The average molecular weight is 180 g/mol. The second-order valence-electron chi connectivity index (χ2n) is 4.73. The molecule has 0 saturated carbocycles. The van der Waals surface area contributed by atoms with E-state index in [9.17, 15) is 0 Å². The summed E-state index contributed by atoms with van der Waals surface area (Å²) in [5.41, 5.74) is 1.70. The van der Waals surface area contributed by atoms with Crippen LogP contribution in [0.1, 0.15) is 34.1 Å². The molecule has 13 heavy (non-hydrogen) atoms. The third kappa shape index (κ3) is 1.58. The van der Waals surface area contributed by atoms with Crippen molar-refractivity contribution in [1.82, 2.24) is 0 Å². The monoisotopic (exact) mass is 180 g/mol. The Morgan fingerprint density at radius 2 is 2.08 bits per heavy atom. The molecule has 0 amide bonds. The predicted octanol–water partition coefficient (Wildman–Crippen LogP) is 2.92. The van der Waals surface area contributed by atoms with Crippen molar-refractivity contribution in [2.45, 2.75) is 34.1 Å². The summed E-state index contributed by atoms with van der Waals surface area (Å²) in [6, 6.07) is 0. The molecule has 0 heterocycles. The van der Waals surface area contributed by atoms with E-state index >= 15 is 0 Å². The fourth-order valence-electron chi connectivity index (χ4n) is 2.07. The summed E-state index contributed by atoms with van der Waals surface area (Å²) in [5, 5.41) is 8.88. The molecule has 1 heteroatoms. The first-order valence-corrected chi connectivity index (χ1v) is 4.90. The Kier molecular flexibility index (Phi) is 2.67. The van der Waals surface area contributed by atoms with E-state index < -0.39 is 0 Å². The summed E-state index contributed by atoms with van der Waals surface area (Å²) in [6.07, 6.45) is 7.54. The lowest BCUT2D eigenvalue weighted by atomic mass is 9.65. The van der Waals surface area contributed by atoms with Gasteiger partial charge in [0.05, 0.1) is 6.61 Å². The van der Waals surface area contributed by atoms with E-state index in [0.717, 1.165) is 6.42 Å². The van der Waals surface area contributed by atoms with Crippen LogP contribution in [0.2, 0.25) is 0 Å². The SMILES string of the molecule is C/C(=C/CO)C1(C)CC=CC1(C)C. The highest BCUT2D eigenvalue weighted by Gasteiger charge is 2.42. The molecule has 1 rings (SSSR count). The molecule has 74 valence electrons. The molecular weight excluding hydrogens is 160 g/mol. The van der Waals surface area contributed by atoms with Crippen LogP contribution in [0.3, 0.4) is 0 Å². The molecule has 0 aromatic heterocycles. The molecule has 0 spiro atoms. The first-order valence-electron chi connectivity index (χ1n) is 4.90. The minimum Gasteiger partial charge on any atom is -0.392 e. The summed E-state index contributed by atoms with van der Waals surface area (Å²) in [7, 11) is 0. The molecule has 1 atom stereocenters. The molecule has 0 aromatic carbocycles. The van der Waals surface area contributed by atoms with Gasteiger partial charge in [-0.15, -0.1) is 0 Å². The molecule has 0 aliphatic heterocycles. The Morgan fingerprint density at radius 1 is 1.46 bits per heavy atom. The van der Waals surface area contributed by atoms with Crippen molar-refractivity contribution in [3.8, 4) is 0 Å². The Bertz CT molecular complexity index is 248. The lowest BCUT2D eigenvalue weighted by Crippen LogP contribution is -2.31. The highest BCUT2D eigenvalue weighted by Crippen LogP contribution is 2.52. The fraction of sp³-hybridized carbons (Fsp3) is 0.667. The molecule has 1 nitrogen and oxygen atoms in total. The summed E-state index contributed by atoms with van der Waals surface area (Å²) >= 11 is 0. The first-order chi connectivity index (χ1) is 5.94. The van der Waals surface area contributed by atoms with Crippen molar-refractivity contribution in [2.75, 3.05) is 6.61 Å². The van der Waals surface area contributed by atoms with Crippen molar-refractivity contribution in [3.05, 3.63) is 23.8 Å². The normalized spacial score (nSPS) is 32.5. The van der Waals surface area contributed by atoms with Crippen molar-refractivity contribution in [2.24, 2.45) is 10.8 Å². The maximum absolute atomic E-state index is 8.88. The lowest BCUT2D eigenvalue weighted by Gasteiger charge is -2.39. The maximum atomic E-state index is 8.88. The molecule has 0 saturated heterocycles. The molecule has 0 bridgehead atoms. The lowest BCUT2D eigenvalue weighted by molar-refractivity contribution is 0.211. The largest absolute Gasteiger partial charge is 0.392 e. The van der Waals surface area contributed by atoms with E-state index in [2.05, 4.69) is 39.8 Å². The molecule has 1 aliphatic rings. The van der Waals surface area contributed by atoms with Crippen LogP contribution in [-0.2, 0) is 0 Å². The molecule has 1 aliphatic carbocycles. The highest BCUT2D eigenvalue weighted by molar-refractivity contribution is 5.26. The van der Waals surface area contributed by atoms with Gasteiger partial charge in [-0.1, -0.05) is 44.6 Å². The van der Waals surface area contributed by atoms with E-state index in [4.69, 9.17) is 5.11 Å². The van der Waals surface area contributed by atoms with Gasteiger partial charge in [0.2, 0.25) is 0 Å². The Labute approximate surface area is 81.2 Å². The molecule has 0 radical (unpaired) electrons. The van der Waals surface area contributed by atoms with E-state index in [0.29, 0.717) is 0 Å². The smallest absolute Gasteiger partial charge is 0.0615 e. The van der Waals surface area contributed by atoms with Crippen LogP contribution in [0, 0.1) is 10.8 Å². The Hall–Kier alpha value is -0.560. The standard InChI is InChI=1S/C12H20O/c1-10(6-9-13)12(4)8-5-7-11(12,2)3/h5-7,13H,8-9H2,1-4H3/b10-6-. The number of aliphatic hydroxyl groups excluding tert-OH is 1. The maximum Gasteiger partial charge on any atom is 0.0615 e. The van der Waals surface area contributed by atoms with Gasteiger partial charge in [-0.25, -0.2) is 0 Å². The van der Waals surface area contributed by atoms with Crippen molar-refractivity contribution in [3.63, 3.8) is 0 Å². The van der Waals surface area contributed by atoms with Crippen LogP contribution in [0.15, 0.2) is 23.8 Å². The van der Waals surface area contributed by atoms with Crippen LogP contribution >= 0.6 is 0 Å². The van der Waals surface area contributed by atoms with Gasteiger partial charge in [-0.2, -0.15) is 0 Å². The van der Waals surface area contributed by atoms with E-state index in [1.165, 1.54) is 5.57 Å². The number of allylic oxidation sites excluding steroid dienone is 3. The third-order valence-corrected chi connectivity index (χ3v) is 3.75. The van der Waals surface area contributed by atoms with Crippen LogP contribution in [0.25, 0.3) is 0 Å². The predicted molar refractivity (Wildman–Crippen MR) is 56.5 cm³/mol. The Balaban J connectivity index is 2.96. The molecular formula is C12H20O. The molecule has 1 unspecified atom stereocenters. The zero-order chi connectivity index (χ0) is 10.1. The average Bonchev–Trinajstić information content (AvgIpc) is 2.28. The minimum absolute atomic E-state index is 0.150. The van der Waals surface area contributed by atoms with Gasteiger partial charge in [0.1, 0.15) is 0 Å². The van der Waals surface area contributed by atoms with Crippen molar-refractivity contribution >= 4 is 0 Å². The van der Waals surface area contributed by atoms with Crippen LogP contribution in [0.4, 0.5) is 0 Å². The van der Waals surface area contributed by atoms with E-state index in [1.807, 2.05) is 6.08 Å². The summed E-state index contributed by atoms with van der Waals surface area (Å²) in [5.74, 6) is 0. The van der Waals surface area contributed by atoms with Gasteiger partial charge in [0, 0.05) is 5.41 Å². The zero-order valence-corrected chi connectivity index (χ0v) is 9.09. The summed E-state index contributed by atoms with van der Waals surface area (Å²) < 4.78 is 0. The van der Waals surface area contributed by atoms with E-state index in [1.54, 1.807) is 0 Å². The van der Waals surface area contributed by atoms with Crippen LogP contribution < -0.4 is 0 Å². The zero-order valence-electron chi connectivity index (χ0n) is 9.09. The van der Waals surface area contributed by atoms with Gasteiger partial charge in [0.25, 0.3) is 0 Å². The molecule has 0 aromatic rings. The van der Waals surface area contributed by atoms with E-state index in [-0.39, 0.29) is 17.4 Å². The van der Waals surface area contributed by atoms with Gasteiger partial charge in [-0.05, 0) is 18.8 Å². The number of rotatable bonds is 2. The fourth-order valence-corrected chi connectivity index (χ4v) is 2.07. The molecule has 1 N–H and O–H groups in total. The summed E-state index contributed by atoms with van der Waals surface area (Å²) in [6.45, 7) is 9.05. The third-order valence-electron chi connectivity index (χ3n) is 3.75. The number of hydrogen-bond donors (Lipinski definition) is 1. The highest BCUT2D eigenvalue weighted by atomic mass is 16.2. The van der Waals surface area contributed by atoms with Crippen LogP contribution in [0.5, 0.6) is 0 Å².